The molecule has 4 aromatic rings. The Balaban J connectivity index is 1.10. The van der Waals surface area contributed by atoms with Crippen LogP contribution in [0.5, 0.6) is 5.75 Å². The van der Waals surface area contributed by atoms with Crippen molar-refractivity contribution in [3.63, 3.8) is 0 Å². The van der Waals surface area contributed by atoms with Gasteiger partial charge in [-0.05, 0) is 69.9 Å². The number of hydrogen-bond donors (Lipinski definition) is 2. The fourth-order valence-electron chi connectivity index (χ4n) is 4.49. The van der Waals surface area contributed by atoms with E-state index in [4.69, 9.17) is 32.7 Å². The van der Waals surface area contributed by atoms with Crippen LogP contribution in [0.4, 0.5) is 17.1 Å². The summed E-state index contributed by atoms with van der Waals surface area (Å²) < 4.78 is 12.5. The minimum absolute atomic E-state index is 0.0280. The second kappa shape index (κ2) is 14.5. The fourth-order valence-corrected chi connectivity index (χ4v) is 5.65. The van der Waals surface area contributed by atoms with Crippen molar-refractivity contribution in [3.05, 3.63) is 76.3 Å². The van der Waals surface area contributed by atoms with E-state index in [0.717, 1.165) is 36.1 Å². The molecule has 1 aliphatic rings. The number of carbonyl (C=O) groups is 2. The van der Waals surface area contributed by atoms with Crippen LogP contribution >= 0.6 is 35.0 Å². The maximum absolute atomic E-state index is 12.7. The number of tetrazole rings is 1. The average Bonchev–Trinajstić information content (AvgIpc) is 3.49. The van der Waals surface area contributed by atoms with Crippen molar-refractivity contribution in [2.75, 3.05) is 54.2 Å². The predicted molar refractivity (Wildman–Crippen MR) is 177 cm³/mol. The van der Waals surface area contributed by atoms with Crippen LogP contribution in [0, 0.1) is 0 Å². The van der Waals surface area contributed by atoms with Crippen LogP contribution in [-0.2, 0) is 19.7 Å². The number of aromatic nitrogens is 4. The van der Waals surface area contributed by atoms with E-state index in [9.17, 15) is 9.59 Å². The van der Waals surface area contributed by atoms with Crippen molar-refractivity contribution < 1.29 is 19.1 Å². The minimum Gasteiger partial charge on any atom is -0.484 e. The minimum atomic E-state index is -0.312. The molecule has 2 heterocycles. The Morgan fingerprint density at radius 1 is 0.956 bits per heavy atom. The molecule has 0 aliphatic carbocycles. The average molecular weight is 671 g/mol. The summed E-state index contributed by atoms with van der Waals surface area (Å²) in [4.78, 5) is 27.4. The van der Waals surface area contributed by atoms with Crippen molar-refractivity contribution in [1.82, 2.24) is 20.2 Å². The second-order valence-corrected chi connectivity index (χ2v) is 13.0. The van der Waals surface area contributed by atoms with Crippen molar-refractivity contribution in [2.45, 2.75) is 31.3 Å². The number of rotatable bonds is 10. The zero-order valence-corrected chi connectivity index (χ0v) is 27.4. The number of anilines is 3. The Morgan fingerprint density at radius 3 is 2.40 bits per heavy atom. The lowest BCUT2D eigenvalue weighted by Gasteiger charge is -2.28. The predicted octanol–water partition coefficient (Wildman–Crippen LogP) is 5.85. The van der Waals surface area contributed by atoms with E-state index in [1.807, 2.05) is 42.5 Å². The third kappa shape index (κ3) is 8.66. The Morgan fingerprint density at radius 2 is 1.71 bits per heavy atom. The molecule has 0 spiro atoms. The Hall–Kier alpha value is -3.84. The molecule has 0 unspecified atom stereocenters. The molecule has 1 saturated heterocycles. The summed E-state index contributed by atoms with van der Waals surface area (Å²) in [6, 6.07) is 18.2. The zero-order valence-electron chi connectivity index (χ0n) is 25.0. The van der Waals surface area contributed by atoms with E-state index in [0.29, 0.717) is 46.2 Å². The molecule has 1 fully saturated rings. The van der Waals surface area contributed by atoms with Gasteiger partial charge in [0.15, 0.2) is 6.61 Å². The van der Waals surface area contributed by atoms with Crippen LogP contribution in [0.1, 0.15) is 26.3 Å². The fraction of sp³-hybridized carbons (Fsp3) is 0.323. The summed E-state index contributed by atoms with van der Waals surface area (Å²) in [5.41, 5.74) is 3.80. The van der Waals surface area contributed by atoms with Gasteiger partial charge in [-0.15, -0.1) is 5.10 Å². The quantitative estimate of drug-likeness (QED) is 0.200. The maximum atomic E-state index is 12.7. The molecule has 5 rings (SSSR count). The van der Waals surface area contributed by atoms with Crippen LogP contribution in [0.2, 0.25) is 10.0 Å². The summed E-state index contributed by atoms with van der Waals surface area (Å²) in [5.74, 6) is -0.203. The first kappa shape index (κ1) is 32.6. The zero-order chi connectivity index (χ0) is 32.0. The SMILES string of the molecule is CC(C)(C)c1ccc(-n2nnnc2SCC(=O)Nc2ccc(OCC(=O)Nc3ccc(N4CCOCC4)cc3)cc2Cl)c(Cl)c1. The van der Waals surface area contributed by atoms with E-state index >= 15 is 0 Å². The van der Waals surface area contributed by atoms with Crippen molar-refractivity contribution in [2.24, 2.45) is 0 Å². The number of halogens is 2. The van der Waals surface area contributed by atoms with Crippen LogP contribution < -0.4 is 20.3 Å². The summed E-state index contributed by atoms with van der Waals surface area (Å²) >= 11 is 14.1. The standard InChI is InChI=1S/C31H33Cl2N7O4S/c1-31(2,3)20-4-11-27(25(33)16-20)40-30(36-37-38-40)45-19-29(42)35-26-10-9-23(17-24(26)32)44-18-28(41)34-21-5-7-22(8-6-21)39-12-14-43-15-13-39/h4-11,16-17H,12-15,18-19H2,1-3H3,(H,34,41)(H,35,42). The van der Waals surface area contributed by atoms with Gasteiger partial charge in [0.1, 0.15) is 5.75 Å². The Kier molecular flexibility index (Phi) is 10.5. The van der Waals surface area contributed by atoms with Crippen molar-refractivity contribution in [3.8, 4) is 11.4 Å². The second-order valence-electron chi connectivity index (χ2n) is 11.3. The molecular formula is C31H33Cl2N7O4S. The van der Waals surface area contributed by atoms with E-state index in [1.54, 1.807) is 18.2 Å². The topological polar surface area (TPSA) is 124 Å². The third-order valence-electron chi connectivity index (χ3n) is 6.93. The number of morpholine rings is 1. The largest absolute Gasteiger partial charge is 0.484 e. The molecule has 3 aromatic carbocycles. The van der Waals surface area contributed by atoms with Gasteiger partial charge in [-0.1, -0.05) is 61.8 Å². The molecule has 0 radical (unpaired) electrons. The van der Waals surface area contributed by atoms with Gasteiger partial charge in [0.05, 0.1) is 40.4 Å². The van der Waals surface area contributed by atoms with Gasteiger partial charge >= 0.3 is 0 Å². The molecule has 11 nitrogen and oxygen atoms in total. The molecule has 2 N–H and O–H groups in total. The molecular weight excluding hydrogens is 637 g/mol. The van der Waals surface area contributed by atoms with Crippen LogP contribution in [0.3, 0.4) is 0 Å². The van der Waals surface area contributed by atoms with Gasteiger partial charge in [-0.25, -0.2) is 0 Å². The number of ether oxygens (including phenoxy) is 2. The highest BCUT2D eigenvalue weighted by Crippen LogP contribution is 2.31. The molecule has 1 aliphatic heterocycles. The van der Waals surface area contributed by atoms with E-state index in [-0.39, 0.29) is 34.6 Å². The number of nitrogens with one attached hydrogen (secondary N) is 2. The molecule has 1 aromatic heterocycles. The first-order valence-corrected chi connectivity index (χ1v) is 16.0. The van der Waals surface area contributed by atoms with E-state index < -0.39 is 0 Å². The smallest absolute Gasteiger partial charge is 0.262 e. The molecule has 0 saturated carbocycles. The molecule has 0 atom stereocenters. The number of thioether (sulfide) groups is 1. The monoisotopic (exact) mass is 669 g/mol. The summed E-state index contributed by atoms with van der Waals surface area (Å²) in [7, 11) is 0. The summed E-state index contributed by atoms with van der Waals surface area (Å²) in [6.45, 7) is 9.21. The Bertz CT molecular complexity index is 1650. The molecule has 45 heavy (non-hydrogen) atoms. The lowest BCUT2D eigenvalue weighted by molar-refractivity contribution is -0.118. The van der Waals surface area contributed by atoms with Gasteiger partial charge in [0.25, 0.3) is 5.91 Å². The number of nitrogens with zero attached hydrogens (tertiary/aromatic N) is 5. The number of amides is 2. The first-order chi connectivity index (χ1) is 21.6. The van der Waals surface area contributed by atoms with Gasteiger partial charge in [-0.2, -0.15) is 4.68 Å². The lowest BCUT2D eigenvalue weighted by atomic mass is 9.87. The highest BCUT2D eigenvalue weighted by Gasteiger charge is 2.19. The number of hydrogen-bond acceptors (Lipinski definition) is 9. The maximum Gasteiger partial charge on any atom is 0.262 e. The van der Waals surface area contributed by atoms with Gasteiger partial charge in [-0.3, -0.25) is 9.59 Å². The normalized spacial score (nSPS) is 13.4. The Labute approximate surface area is 275 Å². The molecule has 0 bridgehead atoms. The van der Waals surface area contributed by atoms with Crippen molar-refractivity contribution >= 4 is 63.8 Å². The number of carbonyl (C=O) groups excluding carboxylic acids is 2. The first-order valence-electron chi connectivity index (χ1n) is 14.2. The van der Waals surface area contributed by atoms with Crippen molar-refractivity contribution in [1.29, 1.82) is 0 Å². The van der Waals surface area contributed by atoms with Gasteiger partial charge in [0.2, 0.25) is 11.1 Å². The van der Waals surface area contributed by atoms with E-state index in [2.05, 4.69) is 51.8 Å². The van der Waals surface area contributed by atoms with Gasteiger partial charge in [0, 0.05) is 30.5 Å². The molecule has 14 heteroatoms. The molecule has 236 valence electrons. The highest BCUT2D eigenvalue weighted by atomic mass is 35.5. The third-order valence-corrected chi connectivity index (χ3v) is 8.46. The van der Waals surface area contributed by atoms with Crippen LogP contribution in [0.15, 0.2) is 65.8 Å². The van der Waals surface area contributed by atoms with Crippen LogP contribution in [-0.4, -0.2) is 70.7 Å². The van der Waals surface area contributed by atoms with Gasteiger partial charge < -0.3 is 25.0 Å². The lowest BCUT2D eigenvalue weighted by Crippen LogP contribution is -2.36. The van der Waals surface area contributed by atoms with Crippen LogP contribution in [0.25, 0.3) is 5.69 Å². The number of benzene rings is 3. The highest BCUT2D eigenvalue weighted by molar-refractivity contribution is 7.99. The summed E-state index contributed by atoms with van der Waals surface area (Å²) in [6.07, 6.45) is 0. The molecule has 2 amide bonds. The van der Waals surface area contributed by atoms with E-state index in [1.165, 1.54) is 4.68 Å². The summed E-state index contributed by atoms with van der Waals surface area (Å²) in [5, 5.41) is 18.6.